The number of ether oxygens (including phenoxy) is 1. The summed E-state index contributed by atoms with van der Waals surface area (Å²) in [5.74, 6) is -1.16. The smallest absolute Gasteiger partial charge is 0.326 e. The summed E-state index contributed by atoms with van der Waals surface area (Å²) in [5.41, 5.74) is 0. The monoisotopic (exact) mass is 248 g/mol. The molecule has 0 saturated carbocycles. The van der Waals surface area contributed by atoms with Gasteiger partial charge in [-0.15, -0.1) is 0 Å². The van der Waals surface area contributed by atoms with Gasteiger partial charge in [0.25, 0.3) is 0 Å². The van der Waals surface area contributed by atoms with Gasteiger partial charge in [-0.25, -0.2) is 9.59 Å². The molecule has 0 saturated heterocycles. The molecule has 0 aromatic heterocycles. The van der Waals surface area contributed by atoms with Crippen LogP contribution in [-0.2, 0) is 9.53 Å². The van der Waals surface area contributed by atoms with Crippen LogP contribution in [0.3, 0.4) is 0 Å². The molecule has 0 radical (unpaired) electrons. The van der Waals surface area contributed by atoms with Crippen LogP contribution >= 0.6 is 0 Å². The van der Waals surface area contributed by atoms with E-state index in [2.05, 4.69) is 5.32 Å². The topological polar surface area (TPSA) is 99.1 Å². The van der Waals surface area contributed by atoms with E-state index in [1.54, 1.807) is 7.05 Å². The summed E-state index contributed by atoms with van der Waals surface area (Å²) in [4.78, 5) is 23.6. The molecule has 0 spiro atoms. The molecule has 17 heavy (non-hydrogen) atoms. The highest BCUT2D eigenvalue weighted by Crippen LogP contribution is 1.94. The number of rotatable bonds is 8. The maximum absolute atomic E-state index is 11.5. The van der Waals surface area contributed by atoms with E-state index in [9.17, 15) is 9.59 Å². The Morgan fingerprint density at radius 3 is 2.59 bits per heavy atom. The second-order valence-corrected chi connectivity index (χ2v) is 3.47. The average molecular weight is 248 g/mol. The predicted molar refractivity (Wildman–Crippen MR) is 60.8 cm³/mol. The molecule has 0 fully saturated rings. The zero-order valence-corrected chi connectivity index (χ0v) is 10.2. The van der Waals surface area contributed by atoms with Gasteiger partial charge in [0, 0.05) is 33.2 Å². The Bertz CT molecular complexity index is 247. The van der Waals surface area contributed by atoms with Crippen molar-refractivity contribution in [3.63, 3.8) is 0 Å². The Balaban J connectivity index is 4.06. The van der Waals surface area contributed by atoms with E-state index in [1.807, 2.05) is 6.92 Å². The van der Waals surface area contributed by atoms with Crippen molar-refractivity contribution < 1.29 is 24.5 Å². The minimum atomic E-state index is -1.16. The van der Waals surface area contributed by atoms with Crippen molar-refractivity contribution in [2.24, 2.45) is 0 Å². The number of hydrogen-bond acceptors (Lipinski definition) is 4. The summed E-state index contributed by atoms with van der Waals surface area (Å²) >= 11 is 0. The molecule has 7 nitrogen and oxygen atoms in total. The van der Waals surface area contributed by atoms with Gasteiger partial charge in [-0.3, -0.25) is 0 Å². The van der Waals surface area contributed by atoms with Crippen LogP contribution in [0.2, 0.25) is 0 Å². The highest BCUT2D eigenvalue weighted by atomic mass is 16.5. The largest absolute Gasteiger partial charge is 0.480 e. The first kappa shape index (κ1) is 15.7. The molecule has 0 aromatic rings. The fraction of sp³-hybridized carbons (Fsp3) is 0.800. The number of amides is 2. The molecule has 0 aromatic carbocycles. The Kier molecular flexibility index (Phi) is 8.08. The van der Waals surface area contributed by atoms with Gasteiger partial charge in [0.1, 0.15) is 6.04 Å². The predicted octanol–water partition coefficient (Wildman–Crippen LogP) is -0.500. The third-order valence-electron chi connectivity index (χ3n) is 2.14. The van der Waals surface area contributed by atoms with Gasteiger partial charge in [-0.1, -0.05) is 0 Å². The average Bonchev–Trinajstić information content (AvgIpc) is 2.28. The van der Waals surface area contributed by atoms with Crippen molar-refractivity contribution >= 4 is 12.0 Å². The lowest BCUT2D eigenvalue weighted by Crippen LogP contribution is -2.47. The molecule has 3 N–H and O–H groups in total. The summed E-state index contributed by atoms with van der Waals surface area (Å²) in [7, 11) is 1.55. The zero-order valence-electron chi connectivity index (χ0n) is 10.2. The number of urea groups is 1. The van der Waals surface area contributed by atoms with Crippen molar-refractivity contribution in [2.75, 3.05) is 33.4 Å². The molecule has 0 aliphatic carbocycles. The molecule has 0 rings (SSSR count). The number of carboxylic acids is 1. The van der Waals surface area contributed by atoms with Gasteiger partial charge in [0.2, 0.25) is 0 Å². The first-order valence-corrected chi connectivity index (χ1v) is 5.46. The second kappa shape index (κ2) is 8.77. The minimum Gasteiger partial charge on any atom is -0.480 e. The van der Waals surface area contributed by atoms with Gasteiger partial charge < -0.3 is 25.2 Å². The van der Waals surface area contributed by atoms with Gasteiger partial charge >= 0.3 is 12.0 Å². The number of carbonyl (C=O) groups excluding carboxylic acids is 1. The van der Waals surface area contributed by atoms with Crippen LogP contribution in [0.1, 0.15) is 13.3 Å². The number of aliphatic hydroxyl groups excluding tert-OH is 1. The van der Waals surface area contributed by atoms with Crippen LogP contribution in [0.4, 0.5) is 4.79 Å². The Hall–Kier alpha value is -1.34. The van der Waals surface area contributed by atoms with E-state index in [0.717, 1.165) is 0 Å². The number of likely N-dealkylation sites (N-methyl/N-ethyl adjacent to an activating group) is 1. The van der Waals surface area contributed by atoms with E-state index >= 15 is 0 Å². The molecule has 1 unspecified atom stereocenters. The number of hydrogen-bond donors (Lipinski definition) is 3. The maximum atomic E-state index is 11.5. The minimum absolute atomic E-state index is 0.0135. The fourth-order valence-corrected chi connectivity index (χ4v) is 1.09. The normalized spacial score (nSPS) is 11.9. The molecule has 0 aliphatic rings. The summed E-state index contributed by atoms with van der Waals surface area (Å²) < 4.78 is 5.08. The Morgan fingerprint density at radius 2 is 2.12 bits per heavy atom. The number of aliphatic hydroxyl groups is 1. The van der Waals surface area contributed by atoms with Gasteiger partial charge in [-0.2, -0.15) is 0 Å². The quantitative estimate of drug-likeness (QED) is 0.503. The van der Waals surface area contributed by atoms with Crippen molar-refractivity contribution in [3.05, 3.63) is 0 Å². The summed E-state index contributed by atoms with van der Waals surface area (Å²) in [5, 5.41) is 19.8. The summed E-state index contributed by atoms with van der Waals surface area (Å²) in [6.45, 7) is 2.91. The van der Waals surface area contributed by atoms with E-state index < -0.39 is 18.0 Å². The van der Waals surface area contributed by atoms with Crippen LogP contribution in [0.25, 0.3) is 0 Å². The first-order chi connectivity index (χ1) is 8.02. The second-order valence-electron chi connectivity index (χ2n) is 3.47. The summed E-state index contributed by atoms with van der Waals surface area (Å²) in [6.07, 6.45) is -0.0135. The third-order valence-corrected chi connectivity index (χ3v) is 2.14. The number of aliphatic carboxylic acids is 1. The Labute approximate surface area is 100 Å². The van der Waals surface area contributed by atoms with Crippen molar-refractivity contribution in [1.82, 2.24) is 10.2 Å². The number of nitrogens with one attached hydrogen (secondary N) is 1. The Morgan fingerprint density at radius 1 is 1.47 bits per heavy atom. The van der Waals surface area contributed by atoms with E-state index in [1.165, 1.54) is 4.90 Å². The standard InChI is InChI=1S/C10H20N2O5/c1-3-17-7-5-12(2)10(16)11-8(4-6-13)9(14)15/h8,13H,3-7H2,1-2H3,(H,11,16)(H,14,15). The molecule has 100 valence electrons. The van der Waals surface area contributed by atoms with Crippen molar-refractivity contribution in [3.8, 4) is 0 Å². The molecule has 1 atom stereocenters. The van der Waals surface area contributed by atoms with E-state index in [4.69, 9.17) is 14.9 Å². The molecule has 0 bridgehead atoms. The van der Waals surface area contributed by atoms with Crippen LogP contribution < -0.4 is 5.32 Å². The molecule has 0 heterocycles. The van der Waals surface area contributed by atoms with Crippen molar-refractivity contribution in [1.29, 1.82) is 0 Å². The van der Waals surface area contributed by atoms with E-state index in [-0.39, 0.29) is 13.0 Å². The van der Waals surface area contributed by atoms with Crippen LogP contribution in [-0.4, -0.2) is 66.6 Å². The molecular formula is C10H20N2O5. The lowest BCUT2D eigenvalue weighted by atomic mass is 10.2. The van der Waals surface area contributed by atoms with Gasteiger partial charge in [0.15, 0.2) is 0 Å². The van der Waals surface area contributed by atoms with Crippen LogP contribution in [0.15, 0.2) is 0 Å². The highest BCUT2D eigenvalue weighted by molar-refractivity contribution is 5.82. The lowest BCUT2D eigenvalue weighted by Gasteiger charge is -2.20. The van der Waals surface area contributed by atoms with Gasteiger partial charge in [0.05, 0.1) is 6.61 Å². The number of carboxylic acid groups (broad SMARTS) is 1. The van der Waals surface area contributed by atoms with Crippen molar-refractivity contribution in [2.45, 2.75) is 19.4 Å². The maximum Gasteiger partial charge on any atom is 0.326 e. The molecule has 0 aliphatic heterocycles. The van der Waals surface area contributed by atoms with Crippen LogP contribution in [0, 0.1) is 0 Å². The van der Waals surface area contributed by atoms with Gasteiger partial charge in [-0.05, 0) is 6.92 Å². The van der Waals surface area contributed by atoms with E-state index in [0.29, 0.717) is 19.8 Å². The fourth-order valence-electron chi connectivity index (χ4n) is 1.09. The van der Waals surface area contributed by atoms with Crippen LogP contribution in [0.5, 0.6) is 0 Å². The molecule has 2 amide bonds. The first-order valence-electron chi connectivity index (χ1n) is 5.46. The number of nitrogens with zero attached hydrogens (tertiary/aromatic N) is 1. The SMILES string of the molecule is CCOCCN(C)C(=O)NC(CCO)C(=O)O. The lowest BCUT2D eigenvalue weighted by molar-refractivity contribution is -0.139. The highest BCUT2D eigenvalue weighted by Gasteiger charge is 2.20. The number of carbonyl (C=O) groups is 2. The molecular weight excluding hydrogens is 228 g/mol. The summed E-state index contributed by atoms with van der Waals surface area (Å²) in [6, 6.07) is -1.56. The molecule has 7 heteroatoms. The third kappa shape index (κ3) is 6.75. The zero-order chi connectivity index (χ0) is 13.3.